The monoisotopic (exact) mass is 325 g/mol. The number of nitrogens with one attached hydrogen (secondary N) is 1. The summed E-state index contributed by atoms with van der Waals surface area (Å²) in [6, 6.07) is 5.90. The van der Waals surface area contributed by atoms with Crippen molar-refractivity contribution >= 4 is 23.1 Å². The van der Waals surface area contributed by atoms with Crippen LogP contribution in [0.2, 0.25) is 0 Å². The van der Waals surface area contributed by atoms with Gasteiger partial charge in [-0.1, -0.05) is 6.07 Å². The minimum atomic E-state index is -0.482. The first-order valence-electron chi connectivity index (χ1n) is 7.53. The van der Waals surface area contributed by atoms with Crippen LogP contribution in [-0.4, -0.2) is 27.4 Å². The minimum Gasteiger partial charge on any atom is -0.464 e. The number of imidazole rings is 1. The fourth-order valence-corrected chi connectivity index (χ4v) is 2.61. The van der Waals surface area contributed by atoms with Gasteiger partial charge in [0, 0.05) is 24.3 Å². The molecular formula is C17H19N5O2. The zero-order chi connectivity index (χ0) is 17.3. The molecule has 3 aromatic rings. The molecule has 0 aliphatic rings. The van der Waals surface area contributed by atoms with Crippen LogP contribution in [0.1, 0.15) is 34.6 Å². The zero-order valence-electron chi connectivity index (χ0n) is 13.8. The van der Waals surface area contributed by atoms with Gasteiger partial charge in [-0.15, -0.1) is 0 Å². The molecule has 1 atom stereocenters. The largest absolute Gasteiger partial charge is 0.464 e. The van der Waals surface area contributed by atoms with Crippen molar-refractivity contribution in [2.24, 2.45) is 0 Å². The van der Waals surface area contributed by atoms with Gasteiger partial charge in [0.25, 0.3) is 0 Å². The predicted molar refractivity (Wildman–Crippen MR) is 92.0 cm³/mol. The van der Waals surface area contributed by atoms with Crippen LogP contribution in [0.15, 0.2) is 36.8 Å². The number of anilines is 2. The minimum absolute atomic E-state index is 0.0239. The molecule has 0 unspecified atom stereocenters. The van der Waals surface area contributed by atoms with Crippen molar-refractivity contribution in [3.63, 3.8) is 0 Å². The summed E-state index contributed by atoms with van der Waals surface area (Å²) in [7, 11) is 1.33. The summed E-state index contributed by atoms with van der Waals surface area (Å²) in [5.41, 5.74) is 9.59. The van der Waals surface area contributed by atoms with E-state index in [1.54, 1.807) is 23.0 Å². The molecule has 24 heavy (non-hydrogen) atoms. The first-order valence-corrected chi connectivity index (χ1v) is 7.53. The number of benzene rings is 1. The molecule has 3 rings (SSSR count). The lowest BCUT2D eigenvalue weighted by Crippen LogP contribution is -2.10. The summed E-state index contributed by atoms with van der Waals surface area (Å²) < 4.78 is 6.45. The van der Waals surface area contributed by atoms with Crippen LogP contribution in [0.25, 0.3) is 5.65 Å². The third-order valence-electron chi connectivity index (χ3n) is 3.74. The lowest BCUT2D eigenvalue weighted by molar-refractivity contribution is 0.0595. The fourth-order valence-electron chi connectivity index (χ4n) is 2.61. The summed E-state index contributed by atoms with van der Waals surface area (Å²) in [4.78, 5) is 20.3. The van der Waals surface area contributed by atoms with Gasteiger partial charge >= 0.3 is 5.97 Å². The third kappa shape index (κ3) is 3.01. The van der Waals surface area contributed by atoms with Gasteiger partial charge in [-0.3, -0.25) is 0 Å². The SMILES string of the molecule is COC(=O)c1cn2ccnc(N[C@H](C)c3cc(C)cc(N)c3)c2n1. The van der Waals surface area contributed by atoms with E-state index in [-0.39, 0.29) is 11.7 Å². The molecule has 0 saturated heterocycles. The number of carbonyl (C=O) groups is 1. The Kier molecular flexibility index (Phi) is 4.07. The predicted octanol–water partition coefficient (Wildman–Crippen LogP) is 2.58. The number of methoxy groups -OCH3 is 1. The van der Waals surface area contributed by atoms with Gasteiger partial charge in [0.15, 0.2) is 17.2 Å². The molecule has 0 aliphatic heterocycles. The molecule has 0 aliphatic carbocycles. The maximum Gasteiger partial charge on any atom is 0.358 e. The molecule has 0 spiro atoms. The van der Waals surface area contributed by atoms with E-state index in [4.69, 9.17) is 10.5 Å². The molecule has 2 aromatic heterocycles. The summed E-state index contributed by atoms with van der Waals surface area (Å²) in [6.45, 7) is 4.02. The standard InChI is InChI=1S/C17H19N5O2/c1-10-6-12(8-13(18)7-10)11(2)20-15-16-21-14(17(23)24-3)9-22(16)5-4-19-15/h4-9,11H,18H2,1-3H3,(H,19,20)/t11-/m1/s1. The number of aromatic nitrogens is 3. The van der Waals surface area contributed by atoms with Crippen LogP contribution in [0, 0.1) is 6.92 Å². The Bertz CT molecular complexity index is 883. The average molecular weight is 325 g/mol. The Hall–Kier alpha value is -3.09. The van der Waals surface area contributed by atoms with Crippen molar-refractivity contribution in [1.82, 2.24) is 14.4 Å². The third-order valence-corrected chi connectivity index (χ3v) is 3.74. The number of rotatable bonds is 4. The van der Waals surface area contributed by atoms with Gasteiger partial charge in [-0.2, -0.15) is 0 Å². The first kappa shape index (κ1) is 15.8. The van der Waals surface area contributed by atoms with Crippen LogP contribution in [0.3, 0.4) is 0 Å². The second-order valence-electron chi connectivity index (χ2n) is 5.67. The van der Waals surface area contributed by atoms with Crippen molar-refractivity contribution in [1.29, 1.82) is 0 Å². The van der Waals surface area contributed by atoms with E-state index >= 15 is 0 Å². The van der Waals surface area contributed by atoms with Crippen molar-refractivity contribution in [3.8, 4) is 0 Å². The highest BCUT2D eigenvalue weighted by Gasteiger charge is 2.15. The molecule has 3 N–H and O–H groups in total. The van der Waals surface area contributed by atoms with E-state index in [0.717, 1.165) is 16.8 Å². The number of aryl methyl sites for hydroxylation is 1. The van der Waals surface area contributed by atoms with Crippen molar-refractivity contribution in [2.75, 3.05) is 18.2 Å². The van der Waals surface area contributed by atoms with Gasteiger partial charge in [-0.25, -0.2) is 14.8 Å². The van der Waals surface area contributed by atoms with Crippen LogP contribution < -0.4 is 11.1 Å². The van der Waals surface area contributed by atoms with E-state index in [1.165, 1.54) is 7.11 Å². The quantitative estimate of drug-likeness (QED) is 0.565. The Morgan fingerprint density at radius 1 is 1.38 bits per heavy atom. The van der Waals surface area contributed by atoms with Gasteiger partial charge < -0.3 is 20.2 Å². The highest BCUT2D eigenvalue weighted by atomic mass is 16.5. The molecule has 0 fully saturated rings. The van der Waals surface area contributed by atoms with Crippen molar-refractivity contribution in [3.05, 3.63) is 53.6 Å². The maximum absolute atomic E-state index is 11.7. The molecular weight excluding hydrogens is 306 g/mol. The van der Waals surface area contributed by atoms with Gasteiger partial charge in [0.2, 0.25) is 0 Å². The van der Waals surface area contributed by atoms with Crippen molar-refractivity contribution in [2.45, 2.75) is 19.9 Å². The number of hydrogen-bond acceptors (Lipinski definition) is 6. The maximum atomic E-state index is 11.7. The normalized spacial score (nSPS) is 12.1. The van der Waals surface area contributed by atoms with E-state index in [9.17, 15) is 4.79 Å². The molecule has 0 bridgehead atoms. The lowest BCUT2D eigenvalue weighted by Gasteiger charge is -2.16. The van der Waals surface area contributed by atoms with E-state index in [1.807, 2.05) is 26.0 Å². The number of ether oxygens (including phenoxy) is 1. The van der Waals surface area contributed by atoms with E-state index in [0.29, 0.717) is 11.5 Å². The lowest BCUT2D eigenvalue weighted by atomic mass is 10.0. The van der Waals surface area contributed by atoms with E-state index in [2.05, 4.69) is 21.4 Å². The molecule has 124 valence electrons. The Balaban J connectivity index is 1.94. The number of hydrogen-bond donors (Lipinski definition) is 2. The number of carbonyl (C=O) groups excluding carboxylic acids is 1. The molecule has 1 aromatic carbocycles. The topological polar surface area (TPSA) is 94.5 Å². The van der Waals surface area contributed by atoms with Crippen molar-refractivity contribution < 1.29 is 9.53 Å². The average Bonchev–Trinajstić information content (AvgIpc) is 2.98. The molecule has 0 radical (unpaired) electrons. The van der Waals surface area contributed by atoms with Crippen LogP contribution in [-0.2, 0) is 4.74 Å². The Labute approximate surface area is 139 Å². The summed E-state index contributed by atoms with van der Waals surface area (Å²) in [6.07, 6.45) is 4.99. The smallest absolute Gasteiger partial charge is 0.358 e. The van der Waals surface area contributed by atoms with Gasteiger partial charge in [-0.05, 0) is 37.1 Å². The van der Waals surface area contributed by atoms with E-state index < -0.39 is 5.97 Å². The Morgan fingerprint density at radius 3 is 2.88 bits per heavy atom. The van der Waals surface area contributed by atoms with Crippen LogP contribution in [0.5, 0.6) is 0 Å². The first-order chi connectivity index (χ1) is 11.5. The molecule has 7 nitrogen and oxygen atoms in total. The second kappa shape index (κ2) is 6.19. The van der Waals surface area contributed by atoms with Crippen LogP contribution in [0.4, 0.5) is 11.5 Å². The zero-order valence-corrected chi connectivity index (χ0v) is 13.8. The fraction of sp³-hybridized carbons (Fsp3) is 0.235. The van der Waals surface area contributed by atoms with Gasteiger partial charge in [0.1, 0.15) is 0 Å². The number of esters is 1. The van der Waals surface area contributed by atoms with Crippen LogP contribution >= 0.6 is 0 Å². The summed E-state index contributed by atoms with van der Waals surface area (Å²) in [5.74, 6) is 0.101. The molecule has 0 amide bonds. The molecule has 2 heterocycles. The number of nitrogen functional groups attached to an aromatic ring is 1. The molecule has 0 saturated carbocycles. The molecule has 7 heteroatoms. The number of nitrogens with zero attached hydrogens (tertiary/aromatic N) is 3. The summed E-state index contributed by atoms with van der Waals surface area (Å²) >= 11 is 0. The highest BCUT2D eigenvalue weighted by Crippen LogP contribution is 2.23. The number of fused-ring (bicyclic) bond motifs is 1. The highest BCUT2D eigenvalue weighted by molar-refractivity contribution is 5.88. The van der Waals surface area contributed by atoms with Gasteiger partial charge in [0.05, 0.1) is 13.2 Å². The second-order valence-corrected chi connectivity index (χ2v) is 5.67. The summed E-state index contributed by atoms with van der Waals surface area (Å²) in [5, 5.41) is 3.32. The number of nitrogens with two attached hydrogens (primary N) is 1. The Morgan fingerprint density at radius 2 is 2.17 bits per heavy atom.